The number of urea groups is 1. The van der Waals surface area contributed by atoms with Gasteiger partial charge in [0, 0.05) is 18.5 Å². The fourth-order valence-electron chi connectivity index (χ4n) is 2.38. The lowest BCUT2D eigenvalue weighted by molar-refractivity contribution is -0.116. The van der Waals surface area contributed by atoms with Crippen LogP contribution in [0, 0.1) is 6.92 Å². The minimum atomic E-state index is -0.354. The van der Waals surface area contributed by atoms with E-state index in [9.17, 15) is 9.59 Å². The molecule has 2 rings (SSSR count). The lowest BCUT2D eigenvalue weighted by atomic mass is 10.1. The van der Waals surface area contributed by atoms with E-state index in [-0.39, 0.29) is 18.5 Å². The first-order valence-electron chi connectivity index (χ1n) is 8.49. The molecule has 0 aliphatic rings. The number of methoxy groups -OCH3 is 1. The van der Waals surface area contributed by atoms with E-state index in [0.29, 0.717) is 24.5 Å². The number of aryl methyl sites for hydroxylation is 1. The van der Waals surface area contributed by atoms with Crippen molar-refractivity contribution in [1.29, 1.82) is 0 Å². The molecule has 0 aliphatic heterocycles. The number of anilines is 2. The van der Waals surface area contributed by atoms with Gasteiger partial charge in [-0.1, -0.05) is 6.07 Å². The largest absolute Gasteiger partial charge is 0.378 e. The van der Waals surface area contributed by atoms with Crippen LogP contribution in [0.2, 0.25) is 0 Å². The van der Waals surface area contributed by atoms with E-state index < -0.39 is 0 Å². The van der Waals surface area contributed by atoms with Crippen molar-refractivity contribution in [2.75, 3.05) is 38.4 Å². The molecular weight excluding hydrogens is 348 g/mol. The molecule has 146 valence electrons. The van der Waals surface area contributed by atoms with E-state index in [1.165, 1.54) is 0 Å². The quantitative estimate of drug-likeness (QED) is 0.562. The number of likely N-dealkylation sites (N-methyl/N-ethyl adjacent to an activating group) is 1. The highest BCUT2D eigenvalue weighted by molar-refractivity contribution is 5.95. The first-order chi connectivity index (χ1) is 12.9. The topological polar surface area (TPSA) is 111 Å². The fourth-order valence-corrected chi connectivity index (χ4v) is 2.38. The minimum absolute atomic E-state index is 0.115. The van der Waals surface area contributed by atoms with Crippen molar-refractivity contribution in [1.82, 2.24) is 20.4 Å². The van der Waals surface area contributed by atoms with Gasteiger partial charge in [-0.05, 0) is 44.8 Å². The summed E-state index contributed by atoms with van der Waals surface area (Å²) in [6, 6.07) is 6.83. The molecule has 9 nitrogen and oxygen atoms in total. The Morgan fingerprint density at radius 1 is 1.22 bits per heavy atom. The first-order valence-corrected chi connectivity index (χ1v) is 8.49. The minimum Gasteiger partial charge on any atom is -0.378 e. The number of carbonyl (C=O) groups is 2. The average molecular weight is 374 g/mol. The van der Waals surface area contributed by atoms with Crippen LogP contribution in [0.3, 0.4) is 0 Å². The maximum atomic E-state index is 12.1. The number of aromatic nitrogens is 2. The van der Waals surface area contributed by atoms with E-state index in [1.807, 2.05) is 33.2 Å². The van der Waals surface area contributed by atoms with Crippen LogP contribution in [0.5, 0.6) is 0 Å². The summed E-state index contributed by atoms with van der Waals surface area (Å²) in [5.41, 5.74) is 3.71. The summed E-state index contributed by atoms with van der Waals surface area (Å²) >= 11 is 0. The third-order valence-electron chi connectivity index (χ3n) is 3.64. The Labute approximate surface area is 158 Å². The van der Waals surface area contributed by atoms with Crippen LogP contribution in [0.1, 0.15) is 17.0 Å². The molecule has 0 radical (unpaired) electrons. The van der Waals surface area contributed by atoms with Gasteiger partial charge in [0.15, 0.2) is 0 Å². The molecule has 0 atom stereocenters. The summed E-state index contributed by atoms with van der Waals surface area (Å²) in [5.74, 6) is -0.115. The molecule has 1 heterocycles. The molecule has 1 aromatic heterocycles. The van der Waals surface area contributed by atoms with Gasteiger partial charge in [-0.25, -0.2) is 4.79 Å². The summed E-state index contributed by atoms with van der Waals surface area (Å²) in [5, 5.41) is 15.3. The van der Waals surface area contributed by atoms with Crippen molar-refractivity contribution < 1.29 is 14.3 Å². The predicted molar refractivity (Wildman–Crippen MR) is 104 cm³/mol. The van der Waals surface area contributed by atoms with Gasteiger partial charge in [0.05, 0.1) is 31.1 Å². The molecular formula is C18H26N6O3. The average Bonchev–Trinajstić information content (AvgIpc) is 3.03. The second kappa shape index (κ2) is 9.70. The van der Waals surface area contributed by atoms with Gasteiger partial charge in [0.1, 0.15) is 0 Å². The Kier molecular flexibility index (Phi) is 7.33. The van der Waals surface area contributed by atoms with Crippen molar-refractivity contribution in [2.24, 2.45) is 0 Å². The zero-order valence-electron chi connectivity index (χ0n) is 16.0. The fraction of sp³-hybridized carbons (Fsp3) is 0.389. The number of aromatic amines is 1. The number of rotatable bonds is 8. The molecule has 0 saturated carbocycles. The smallest absolute Gasteiger partial charge is 0.319 e. The van der Waals surface area contributed by atoms with E-state index in [4.69, 9.17) is 4.74 Å². The van der Waals surface area contributed by atoms with Crippen LogP contribution in [0.25, 0.3) is 0 Å². The molecule has 1 aromatic carbocycles. The van der Waals surface area contributed by atoms with Crippen molar-refractivity contribution in [3.63, 3.8) is 0 Å². The second-order valence-electron chi connectivity index (χ2n) is 6.44. The third-order valence-corrected chi connectivity index (χ3v) is 3.64. The van der Waals surface area contributed by atoms with Crippen LogP contribution in [0.15, 0.2) is 24.3 Å². The molecule has 2 aromatic rings. The number of ether oxygens (including phenoxy) is 1. The number of H-pyrrole nitrogens is 1. The summed E-state index contributed by atoms with van der Waals surface area (Å²) in [7, 11) is 5.25. The summed E-state index contributed by atoms with van der Waals surface area (Å²) in [6.45, 7) is 2.90. The summed E-state index contributed by atoms with van der Waals surface area (Å²) in [6.07, 6.45) is 0. The zero-order chi connectivity index (χ0) is 19.8. The van der Waals surface area contributed by atoms with Gasteiger partial charge in [-0.2, -0.15) is 5.10 Å². The zero-order valence-corrected chi connectivity index (χ0v) is 16.0. The van der Waals surface area contributed by atoms with Crippen LogP contribution in [-0.4, -0.2) is 54.8 Å². The van der Waals surface area contributed by atoms with Crippen molar-refractivity contribution >= 4 is 23.3 Å². The molecule has 0 unspecified atom stereocenters. The number of hydrogen-bond acceptors (Lipinski definition) is 5. The van der Waals surface area contributed by atoms with Gasteiger partial charge >= 0.3 is 6.03 Å². The molecule has 0 saturated heterocycles. The van der Waals surface area contributed by atoms with Gasteiger partial charge in [-0.15, -0.1) is 0 Å². The van der Waals surface area contributed by atoms with E-state index in [2.05, 4.69) is 26.1 Å². The van der Waals surface area contributed by atoms with Crippen LogP contribution in [-0.2, 0) is 22.7 Å². The highest BCUT2D eigenvalue weighted by atomic mass is 16.5. The lowest BCUT2D eigenvalue weighted by Gasteiger charge is -2.14. The number of benzene rings is 1. The Bertz CT molecular complexity index is 787. The molecule has 0 aliphatic carbocycles. The molecule has 4 N–H and O–H groups in total. The number of nitrogens with zero attached hydrogens (tertiary/aromatic N) is 2. The van der Waals surface area contributed by atoms with E-state index >= 15 is 0 Å². The number of carbonyl (C=O) groups excluding carboxylic acids is 2. The molecule has 0 spiro atoms. The Morgan fingerprint density at radius 3 is 2.70 bits per heavy atom. The van der Waals surface area contributed by atoms with E-state index in [0.717, 1.165) is 17.0 Å². The molecule has 0 bridgehead atoms. The Balaban J connectivity index is 1.90. The number of nitrogens with one attached hydrogen (secondary N) is 4. The highest BCUT2D eigenvalue weighted by Crippen LogP contribution is 2.20. The maximum absolute atomic E-state index is 12.1. The third kappa shape index (κ3) is 6.72. The Hall–Kier alpha value is -2.91. The summed E-state index contributed by atoms with van der Waals surface area (Å²) < 4.78 is 5.00. The highest BCUT2D eigenvalue weighted by Gasteiger charge is 2.09. The maximum Gasteiger partial charge on any atom is 0.319 e. The van der Waals surface area contributed by atoms with Crippen LogP contribution < -0.4 is 16.0 Å². The van der Waals surface area contributed by atoms with Crippen LogP contribution >= 0.6 is 0 Å². The van der Waals surface area contributed by atoms with Gasteiger partial charge in [0.25, 0.3) is 0 Å². The van der Waals surface area contributed by atoms with Gasteiger partial charge in [-0.3, -0.25) is 9.89 Å². The molecule has 3 amide bonds. The second-order valence-corrected chi connectivity index (χ2v) is 6.44. The normalized spacial score (nSPS) is 10.7. The van der Waals surface area contributed by atoms with Crippen molar-refractivity contribution in [3.8, 4) is 0 Å². The SMILES string of the molecule is COCc1cc(CNC(=O)Nc2ccc(C)c(NC(=O)CN(C)C)c2)[nH]n1. The monoisotopic (exact) mass is 374 g/mol. The van der Waals surface area contributed by atoms with Gasteiger partial charge in [0.2, 0.25) is 5.91 Å². The lowest BCUT2D eigenvalue weighted by Crippen LogP contribution is -2.29. The predicted octanol–water partition coefficient (Wildman–Crippen LogP) is 1.69. The van der Waals surface area contributed by atoms with Gasteiger partial charge < -0.3 is 25.6 Å². The standard InChI is InChI=1S/C18H26N6O3/c1-12-5-6-13(8-16(12)21-17(25)10-24(2)3)20-18(26)19-9-14-7-15(11-27-4)23-22-14/h5-8H,9-11H2,1-4H3,(H,21,25)(H,22,23)(H2,19,20,26). The van der Waals surface area contributed by atoms with Crippen molar-refractivity contribution in [2.45, 2.75) is 20.1 Å². The first kappa shape index (κ1) is 20.4. The number of hydrogen-bond donors (Lipinski definition) is 4. The van der Waals surface area contributed by atoms with Crippen molar-refractivity contribution in [3.05, 3.63) is 41.2 Å². The molecule has 9 heteroatoms. The molecule has 0 fully saturated rings. The molecule has 27 heavy (non-hydrogen) atoms. The summed E-state index contributed by atoms with van der Waals surface area (Å²) in [4.78, 5) is 25.8. The van der Waals surface area contributed by atoms with E-state index in [1.54, 1.807) is 24.1 Å². The Morgan fingerprint density at radius 2 is 2.00 bits per heavy atom. The van der Waals surface area contributed by atoms with Crippen LogP contribution in [0.4, 0.5) is 16.2 Å². The number of amides is 3.